The van der Waals surface area contributed by atoms with Crippen molar-refractivity contribution >= 4 is 6.29 Å². The van der Waals surface area contributed by atoms with E-state index in [9.17, 15) is 4.79 Å². The first-order chi connectivity index (χ1) is 6.26. The smallest absolute Gasteiger partial charge is 0.233 e. The molecule has 0 amide bonds. The summed E-state index contributed by atoms with van der Waals surface area (Å²) in [5.41, 5.74) is 0.552. The maximum absolute atomic E-state index is 10.2. The Hall–Kier alpha value is -1.31. The van der Waals surface area contributed by atoms with E-state index in [1.54, 1.807) is 24.3 Å². The molecule has 0 saturated carbocycles. The van der Waals surface area contributed by atoms with E-state index in [0.29, 0.717) is 5.56 Å². The Labute approximate surface area is 78.5 Å². The molecule has 0 saturated heterocycles. The Bertz CT molecular complexity index is 264. The second kappa shape index (κ2) is 4.65. The number of ether oxygens (including phenoxy) is 1. The largest absolute Gasteiger partial charge is 0.491 e. The van der Waals surface area contributed by atoms with E-state index in [0.717, 1.165) is 12.2 Å². The highest BCUT2D eigenvalue weighted by Crippen LogP contribution is 2.13. The molecule has 1 atom stereocenters. The molecule has 0 aromatic heterocycles. The van der Waals surface area contributed by atoms with Gasteiger partial charge in [0.1, 0.15) is 5.75 Å². The molecule has 0 heterocycles. The van der Waals surface area contributed by atoms with Gasteiger partial charge in [0, 0.05) is 5.56 Å². The minimum atomic E-state index is 0.214. The van der Waals surface area contributed by atoms with Crippen LogP contribution in [0.5, 0.6) is 5.75 Å². The molecular formula is C11H13O2. The van der Waals surface area contributed by atoms with Gasteiger partial charge in [0.2, 0.25) is 6.29 Å². The van der Waals surface area contributed by atoms with Gasteiger partial charge in [-0.2, -0.15) is 0 Å². The Kier molecular flexibility index (Phi) is 3.50. The maximum Gasteiger partial charge on any atom is 0.233 e. The monoisotopic (exact) mass is 177 g/mol. The van der Waals surface area contributed by atoms with Crippen LogP contribution in [-0.2, 0) is 4.79 Å². The average molecular weight is 177 g/mol. The van der Waals surface area contributed by atoms with E-state index in [1.807, 2.05) is 13.2 Å². The lowest BCUT2D eigenvalue weighted by molar-refractivity contribution is 0.217. The predicted molar refractivity (Wildman–Crippen MR) is 51.6 cm³/mol. The lowest BCUT2D eigenvalue weighted by Crippen LogP contribution is -2.09. The van der Waals surface area contributed by atoms with Gasteiger partial charge in [-0.3, -0.25) is 4.79 Å². The summed E-state index contributed by atoms with van der Waals surface area (Å²) >= 11 is 0. The van der Waals surface area contributed by atoms with Crippen LogP contribution in [0.3, 0.4) is 0 Å². The standard InChI is InChI=1S/C11H13O2/c1-3-9(2)13-11-6-4-10(8-12)5-7-11/h4-7,9H,3H2,1-2H3. The quantitative estimate of drug-likeness (QED) is 0.705. The van der Waals surface area contributed by atoms with Crippen LogP contribution >= 0.6 is 0 Å². The van der Waals surface area contributed by atoms with Crippen molar-refractivity contribution in [1.82, 2.24) is 0 Å². The molecule has 0 aliphatic carbocycles. The third kappa shape index (κ3) is 2.90. The molecule has 1 rings (SSSR count). The summed E-state index contributed by atoms with van der Waals surface area (Å²) in [7, 11) is 0. The highest BCUT2D eigenvalue weighted by molar-refractivity contribution is 5.75. The molecule has 2 heteroatoms. The summed E-state index contributed by atoms with van der Waals surface area (Å²) in [6.45, 7) is 4.08. The van der Waals surface area contributed by atoms with Crippen molar-refractivity contribution in [2.45, 2.75) is 26.4 Å². The molecule has 2 nitrogen and oxygen atoms in total. The Morgan fingerprint density at radius 1 is 1.38 bits per heavy atom. The average Bonchev–Trinajstić information content (AvgIpc) is 2.19. The summed E-state index contributed by atoms with van der Waals surface area (Å²) in [5, 5.41) is 0. The van der Waals surface area contributed by atoms with E-state index < -0.39 is 0 Å². The Morgan fingerprint density at radius 2 is 2.00 bits per heavy atom. The number of hydrogen-bond acceptors (Lipinski definition) is 2. The van der Waals surface area contributed by atoms with Crippen molar-refractivity contribution in [3.63, 3.8) is 0 Å². The van der Waals surface area contributed by atoms with Gasteiger partial charge in [0.15, 0.2) is 0 Å². The van der Waals surface area contributed by atoms with Gasteiger partial charge >= 0.3 is 0 Å². The Morgan fingerprint density at radius 3 is 2.46 bits per heavy atom. The van der Waals surface area contributed by atoms with Gasteiger partial charge in [-0.25, -0.2) is 0 Å². The lowest BCUT2D eigenvalue weighted by Gasteiger charge is -2.11. The molecule has 1 radical (unpaired) electrons. The van der Waals surface area contributed by atoms with Gasteiger partial charge < -0.3 is 4.74 Å². The van der Waals surface area contributed by atoms with Crippen LogP contribution in [0.4, 0.5) is 0 Å². The third-order valence-corrected chi connectivity index (χ3v) is 1.88. The van der Waals surface area contributed by atoms with Gasteiger partial charge in [0.25, 0.3) is 0 Å². The minimum absolute atomic E-state index is 0.214. The van der Waals surface area contributed by atoms with Crippen molar-refractivity contribution in [1.29, 1.82) is 0 Å². The fraction of sp³-hybridized carbons (Fsp3) is 0.364. The van der Waals surface area contributed by atoms with Gasteiger partial charge in [-0.1, -0.05) is 6.92 Å². The maximum atomic E-state index is 10.2. The topological polar surface area (TPSA) is 26.3 Å². The number of rotatable bonds is 4. The third-order valence-electron chi connectivity index (χ3n) is 1.88. The molecule has 1 aromatic carbocycles. The van der Waals surface area contributed by atoms with Gasteiger partial charge in [0.05, 0.1) is 6.10 Å². The fourth-order valence-electron chi connectivity index (χ4n) is 0.917. The molecule has 1 unspecified atom stereocenters. The van der Waals surface area contributed by atoms with Crippen LogP contribution in [0, 0.1) is 0 Å². The molecular weight excluding hydrogens is 164 g/mol. The van der Waals surface area contributed by atoms with Crippen LogP contribution in [0.15, 0.2) is 24.3 Å². The summed E-state index contributed by atoms with van der Waals surface area (Å²) in [4.78, 5) is 10.2. The molecule has 0 N–H and O–H groups in total. The van der Waals surface area contributed by atoms with Gasteiger partial charge in [-0.05, 0) is 37.6 Å². The zero-order chi connectivity index (χ0) is 9.68. The molecule has 0 spiro atoms. The van der Waals surface area contributed by atoms with E-state index in [-0.39, 0.29) is 6.10 Å². The van der Waals surface area contributed by atoms with Crippen molar-refractivity contribution in [2.24, 2.45) is 0 Å². The minimum Gasteiger partial charge on any atom is -0.491 e. The molecule has 0 bridgehead atoms. The summed E-state index contributed by atoms with van der Waals surface area (Å²) in [6, 6.07) is 6.97. The van der Waals surface area contributed by atoms with E-state index in [4.69, 9.17) is 4.74 Å². The first-order valence-corrected chi connectivity index (χ1v) is 4.41. The molecule has 1 aromatic rings. The molecule has 13 heavy (non-hydrogen) atoms. The van der Waals surface area contributed by atoms with Crippen LogP contribution < -0.4 is 4.74 Å². The SMILES string of the molecule is CCC(C)Oc1ccc([C]=O)cc1. The van der Waals surface area contributed by atoms with Crippen molar-refractivity contribution in [3.8, 4) is 5.75 Å². The normalized spacial score (nSPS) is 12.2. The van der Waals surface area contributed by atoms with E-state index >= 15 is 0 Å². The molecule has 69 valence electrons. The summed E-state index contributed by atoms with van der Waals surface area (Å²) in [5.74, 6) is 0.799. The predicted octanol–water partition coefficient (Wildman–Crippen LogP) is 2.32. The summed E-state index contributed by atoms with van der Waals surface area (Å²) < 4.78 is 5.53. The number of benzene rings is 1. The fourth-order valence-corrected chi connectivity index (χ4v) is 0.917. The number of hydrogen-bond donors (Lipinski definition) is 0. The first-order valence-electron chi connectivity index (χ1n) is 4.41. The van der Waals surface area contributed by atoms with Crippen molar-refractivity contribution < 1.29 is 9.53 Å². The first kappa shape index (κ1) is 9.78. The van der Waals surface area contributed by atoms with Crippen LogP contribution in [0.1, 0.15) is 25.8 Å². The second-order valence-corrected chi connectivity index (χ2v) is 2.96. The van der Waals surface area contributed by atoms with Crippen molar-refractivity contribution in [3.05, 3.63) is 29.8 Å². The van der Waals surface area contributed by atoms with Crippen LogP contribution in [0.25, 0.3) is 0 Å². The summed E-state index contributed by atoms with van der Waals surface area (Å²) in [6.07, 6.45) is 3.00. The highest BCUT2D eigenvalue weighted by Gasteiger charge is 2.00. The Balaban J connectivity index is 2.63. The van der Waals surface area contributed by atoms with Crippen LogP contribution in [0.2, 0.25) is 0 Å². The zero-order valence-corrected chi connectivity index (χ0v) is 7.91. The highest BCUT2D eigenvalue weighted by atomic mass is 16.5. The second-order valence-electron chi connectivity index (χ2n) is 2.96. The van der Waals surface area contributed by atoms with E-state index in [1.165, 1.54) is 0 Å². The lowest BCUT2D eigenvalue weighted by atomic mass is 10.2. The van der Waals surface area contributed by atoms with E-state index in [2.05, 4.69) is 6.92 Å². The molecule has 0 aliphatic rings. The number of carbonyl (C=O) groups excluding carboxylic acids is 1. The van der Waals surface area contributed by atoms with Crippen LogP contribution in [-0.4, -0.2) is 12.4 Å². The zero-order valence-electron chi connectivity index (χ0n) is 7.91. The molecule has 0 fully saturated rings. The van der Waals surface area contributed by atoms with Gasteiger partial charge in [-0.15, -0.1) is 0 Å². The van der Waals surface area contributed by atoms with Crippen molar-refractivity contribution in [2.75, 3.05) is 0 Å². The molecule has 0 aliphatic heterocycles.